The molecule has 2 nitrogen and oxygen atoms in total. The van der Waals surface area contributed by atoms with Crippen molar-refractivity contribution >= 4 is 11.6 Å². The van der Waals surface area contributed by atoms with Gasteiger partial charge in [-0.1, -0.05) is 57.8 Å². The summed E-state index contributed by atoms with van der Waals surface area (Å²) in [5.74, 6) is 4.07. The summed E-state index contributed by atoms with van der Waals surface area (Å²) in [5, 5.41) is 0. The molecule has 2 heteroatoms. The highest BCUT2D eigenvalue weighted by Gasteiger charge is 2.34. The van der Waals surface area contributed by atoms with Gasteiger partial charge in [-0.2, -0.15) is 0 Å². The van der Waals surface area contributed by atoms with Gasteiger partial charge in [-0.25, -0.2) is 0 Å². The fourth-order valence-corrected chi connectivity index (χ4v) is 5.78. The Bertz CT molecular complexity index is 416. The summed E-state index contributed by atoms with van der Waals surface area (Å²) >= 11 is 0. The number of carbonyl (C=O) groups is 2. The summed E-state index contributed by atoms with van der Waals surface area (Å²) in [7, 11) is 0. The highest BCUT2D eigenvalue weighted by molar-refractivity contribution is 5.85. The maximum atomic E-state index is 12.2. The van der Waals surface area contributed by atoms with E-state index in [1.54, 1.807) is 0 Å². The van der Waals surface area contributed by atoms with Crippen molar-refractivity contribution in [2.24, 2.45) is 23.7 Å². The Kier molecular flexibility index (Phi) is 6.92. The van der Waals surface area contributed by atoms with Crippen LogP contribution in [0, 0.1) is 23.7 Å². The first-order chi connectivity index (χ1) is 11.7. The van der Waals surface area contributed by atoms with E-state index in [2.05, 4.69) is 0 Å². The minimum atomic E-state index is 0.198. The SMILES string of the molecule is O=C1CCC(C(=O)CCCCCC2CCCC3CCCCC23)CC1. The zero-order chi connectivity index (χ0) is 16.8. The number of fused-ring (bicyclic) bond motifs is 1. The second-order valence-electron chi connectivity index (χ2n) is 8.78. The van der Waals surface area contributed by atoms with Gasteiger partial charge in [-0.3, -0.25) is 9.59 Å². The second kappa shape index (κ2) is 9.15. The van der Waals surface area contributed by atoms with Crippen LogP contribution in [0.15, 0.2) is 0 Å². The lowest BCUT2D eigenvalue weighted by atomic mass is 9.64. The molecule has 3 unspecified atom stereocenters. The first-order valence-electron chi connectivity index (χ1n) is 10.8. The van der Waals surface area contributed by atoms with Crippen molar-refractivity contribution in [1.29, 1.82) is 0 Å². The normalized spacial score (nSPS) is 31.7. The van der Waals surface area contributed by atoms with Gasteiger partial charge in [-0.05, 0) is 43.4 Å². The van der Waals surface area contributed by atoms with Crippen molar-refractivity contribution in [3.8, 4) is 0 Å². The first kappa shape index (κ1) is 18.1. The summed E-state index contributed by atoms with van der Waals surface area (Å²) in [4.78, 5) is 23.5. The molecule has 0 saturated heterocycles. The molecule has 3 rings (SSSR count). The average Bonchev–Trinajstić information content (AvgIpc) is 2.62. The molecule has 3 atom stereocenters. The summed E-state index contributed by atoms with van der Waals surface area (Å²) in [6, 6.07) is 0. The van der Waals surface area contributed by atoms with E-state index in [1.807, 2.05) is 0 Å². The molecular formula is C22H36O2. The molecule has 3 fully saturated rings. The zero-order valence-corrected chi connectivity index (χ0v) is 15.4. The number of rotatable bonds is 7. The minimum Gasteiger partial charge on any atom is -0.300 e. The fourth-order valence-electron chi connectivity index (χ4n) is 5.78. The van der Waals surface area contributed by atoms with Gasteiger partial charge in [0.25, 0.3) is 0 Å². The Morgan fingerprint density at radius 2 is 1.58 bits per heavy atom. The number of hydrogen-bond acceptors (Lipinski definition) is 2. The molecule has 0 aromatic carbocycles. The van der Waals surface area contributed by atoms with Gasteiger partial charge in [0.1, 0.15) is 11.6 Å². The van der Waals surface area contributed by atoms with E-state index in [0.717, 1.165) is 43.4 Å². The van der Waals surface area contributed by atoms with Gasteiger partial charge < -0.3 is 0 Å². The van der Waals surface area contributed by atoms with Crippen molar-refractivity contribution in [2.45, 2.75) is 103 Å². The van der Waals surface area contributed by atoms with Crippen LogP contribution in [-0.4, -0.2) is 11.6 Å². The highest BCUT2D eigenvalue weighted by Crippen LogP contribution is 2.45. The number of unbranched alkanes of at least 4 members (excludes halogenated alkanes) is 2. The highest BCUT2D eigenvalue weighted by atomic mass is 16.1. The maximum absolute atomic E-state index is 12.2. The van der Waals surface area contributed by atoms with Gasteiger partial charge in [0.15, 0.2) is 0 Å². The van der Waals surface area contributed by atoms with E-state index in [0.29, 0.717) is 24.4 Å². The molecule has 0 bridgehead atoms. The summed E-state index contributed by atoms with van der Waals surface area (Å²) in [6.07, 6.45) is 19.1. The molecule has 136 valence electrons. The molecule has 3 aliphatic rings. The molecule has 0 N–H and O–H groups in total. The van der Waals surface area contributed by atoms with Crippen LogP contribution >= 0.6 is 0 Å². The van der Waals surface area contributed by atoms with Crippen LogP contribution < -0.4 is 0 Å². The molecule has 0 aromatic heterocycles. The van der Waals surface area contributed by atoms with Crippen molar-refractivity contribution in [3.63, 3.8) is 0 Å². The van der Waals surface area contributed by atoms with Gasteiger partial charge >= 0.3 is 0 Å². The maximum Gasteiger partial charge on any atom is 0.136 e. The van der Waals surface area contributed by atoms with E-state index in [4.69, 9.17) is 0 Å². The lowest BCUT2D eigenvalue weighted by Gasteiger charge is -2.41. The van der Waals surface area contributed by atoms with Gasteiger partial charge in [0.2, 0.25) is 0 Å². The molecular weight excluding hydrogens is 296 g/mol. The zero-order valence-electron chi connectivity index (χ0n) is 15.4. The van der Waals surface area contributed by atoms with Crippen LogP contribution in [-0.2, 0) is 9.59 Å². The molecule has 0 spiro atoms. The van der Waals surface area contributed by atoms with Crippen LogP contribution in [0.4, 0.5) is 0 Å². The predicted octanol–water partition coefficient (Wildman–Crippen LogP) is 5.87. The topological polar surface area (TPSA) is 34.1 Å². The van der Waals surface area contributed by atoms with E-state index >= 15 is 0 Å². The van der Waals surface area contributed by atoms with Crippen molar-refractivity contribution in [2.75, 3.05) is 0 Å². The van der Waals surface area contributed by atoms with Crippen LogP contribution in [0.3, 0.4) is 0 Å². The smallest absolute Gasteiger partial charge is 0.136 e. The third kappa shape index (κ3) is 4.92. The minimum absolute atomic E-state index is 0.198. The Hall–Kier alpha value is -0.660. The number of carbonyl (C=O) groups excluding carboxylic acids is 2. The van der Waals surface area contributed by atoms with Crippen molar-refractivity contribution in [3.05, 3.63) is 0 Å². The monoisotopic (exact) mass is 332 g/mol. The molecule has 3 aliphatic carbocycles. The largest absolute Gasteiger partial charge is 0.300 e. The Labute approximate surface area is 148 Å². The number of Topliss-reactive ketones (excluding diaryl/α,β-unsaturated/α-hetero) is 2. The van der Waals surface area contributed by atoms with Crippen molar-refractivity contribution < 1.29 is 9.59 Å². The molecule has 24 heavy (non-hydrogen) atoms. The quantitative estimate of drug-likeness (QED) is 0.546. The van der Waals surface area contributed by atoms with E-state index in [1.165, 1.54) is 64.2 Å². The number of hydrogen-bond donors (Lipinski definition) is 0. The third-order valence-corrected chi connectivity index (χ3v) is 7.22. The Morgan fingerprint density at radius 1 is 0.833 bits per heavy atom. The van der Waals surface area contributed by atoms with Crippen LogP contribution in [0.25, 0.3) is 0 Å². The van der Waals surface area contributed by atoms with Gasteiger partial charge in [0, 0.05) is 25.2 Å². The fraction of sp³-hybridized carbons (Fsp3) is 0.909. The molecule has 0 aliphatic heterocycles. The third-order valence-electron chi connectivity index (χ3n) is 7.22. The van der Waals surface area contributed by atoms with Gasteiger partial charge in [0.05, 0.1) is 0 Å². The van der Waals surface area contributed by atoms with Crippen LogP contribution in [0.2, 0.25) is 0 Å². The summed E-state index contributed by atoms with van der Waals surface area (Å²) in [6.45, 7) is 0. The summed E-state index contributed by atoms with van der Waals surface area (Å²) in [5.41, 5.74) is 0. The second-order valence-corrected chi connectivity index (χ2v) is 8.78. The molecule has 3 saturated carbocycles. The predicted molar refractivity (Wildman–Crippen MR) is 97.8 cm³/mol. The Morgan fingerprint density at radius 3 is 2.42 bits per heavy atom. The molecule has 0 radical (unpaired) electrons. The average molecular weight is 333 g/mol. The number of ketones is 2. The lowest BCUT2D eigenvalue weighted by Crippen LogP contribution is -2.30. The lowest BCUT2D eigenvalue weighted by molar-refractivity contribution is -0.127. The van der Waals surface area contributed by atoms with Crippen molar-refractivity contribution in [1.82, 2.24) is 0 Å². The summed E-state index contributed by atoms with van der Waals surface area (Å²) < 4.78 is 0. The van der Waals surface area contributed by atoms with Gasteiger partial charge in [-0.15, -0.1) is 0 Å². The Balaban J connectivity index is 1.29. The van der Waals surface area contributed by atoms with Crippen LogP contribution in [0.1, 0.15) is 103 Å². The van der Waals surface area contributed by atoms with E-state index in [9.17, 15) is 9.59 Å². The molecule has 0 amide bonds. The van der Waals surface area contributed by atoms with E-state index in [-0.39, 0.29) is 5.92 Å². The molecule has 0 aromatic rings. The van der Waals surface area contributed by atoms with Crippen LogP contribution in [0.5, 0.6) is 0 Å². The van der Waals surface area contributed by atoms with E-state index < -0.39 is 0 Å². The molecule has 0 heterocycles. The first-order valence-corrected chi connectivity index (χ1v) is 10.8. The standard InChI is InChI=1S/C22H36O2/c23-20-15-13-19(14-16-20)22(24)12-3-1-2-7-17-9-6-10-18-8-4-5-11-21(17)18/h17-19,21H,1-16H2.